The van der Waals surface area contributed by atoms with Crippen molar-refractivity contribution in [2.45, 2.75) is 37.9 Å². The molecule has 0 heterocycles. The zero-order valence-corrected chi connectivity index (χ0v) is 19.7. The fraction of sp³-hybridized carbons (Fsp3) is 0.286. The Morgan fingerprint density at radius 3 is 2.00 bits per heavy atom. The average Bonchev–Trinajstić information content (AvgIpc) is 3.18. The molecule has 8 heteroatoms. The Labute approximate surface area is 207 Å². The van der Waals surface area contributed by atoms with Crippen LogP contribution in [0.3, 0.4) is 0 Å². The molecule has 3 aromatic carbocycles. The lowest BCUT2D eigenvalue weighted by molar-refractivity contribution is -0.143. The second-order valence-corrected chi connectivity index (χ2v) is 8.75. The molecule has 188 valence electrons. The van der Waals surface area contributed by atoms with E-state index in [4.69, 9.17) is 4.74 Å². The van der Waals surface area contributed by atoms with Gasteiger partial charge in [0.2, 0.25) is 0 Å². The van der Waals surface area contributed by atoms with Crippen LogP contribution in [-0.2, 0) is 22.1 Å². The number of halogens is 3. The van der Waals surface area contributed by atoms with Crippen molar-refractivity contribution in [2.24, 2.45) is 0 Å². The average molecular weight is 498 g/mol. The Bertz CT molecular complexity index is 1190. The van der Waals surface area contributed by atoms with Crippen molar-refractivity contribution < 1.29 is 32.6 Å². The molecule has 3 aromatic rings. The van der Waals surface area contributed by atoms with Crippen molar-refractivity contribution in [2.75, 3.05) is 13.2 Å². The molecule has 1 N–H and O–H groups in total. The van der Waals surface area contributed by atoms with E-state index in [0.29, 0.717) is 12.0 Å². The van der Waals surface area contributed by atoms with E-state index in [9.17, 15) is 27.9 Å². The standard InChI is InChI=1S/C28H26F3NO4/c1-2-15-32(25(26(33)34)16-18-11-13-19(14-12-18)28(29,30)31)27(35)36-17-24-22-9-5-3-7-20(22)21-8-4-6-10-23(21)24/h3-14,24-25H,2,15-17H2,1H3,(H,33,34)/t25-/m0/s1. The number of carboxylic acids is 1. The third-order valence-corrected chi connectivity index (χ3v) is 6.41. The molecule has 1 amide bonds. The van der Waals surface area contributed by atoms with Crippen LogP contribution in [0, 0.1) is 0 Å². The molecule has 0 aromatic heterocycles. The summed E-state index contributed by atoms with van der Waals surface area (Å²) in [4.78, 5) is 26.4. The Hall–Kier alpha value is -3.81. The quantitative estimate of drug-likeness (QED) is 0.393. The maximum absolute atomic E-state index is 13.1. The highest BCUT2D eigenvalue weighted by atomic mass is 19.4. The first kappa shape index (κ1) is 25.3. The van der Waals surface area contributed by atoms with Gasteiger partial charge in [-0.3, -0.25) is 4.90 Å². The minimum absolute atomic E-state index is 0.0414. The number of carbonyl (C=O) groups excluding carboxylic acids is 1. The SMILES string of the molecule is CCCN(C(=O)OCC1c2ccccc2-c2ccccc21)[C@@H](Cc1ccc(C(F)(F)F)cc1)C(=O)O. The number of carbonyl (C=O) groups is 2. The first-order valence-corrected chi connectivity index (χ1v) is 11.7. The fourth-order valence-electron chi connectivity index (χ4n) is 4.68. The normalized spacial score (nSPS) is 13.6. The molecule has 0 bridgehead atoms. The summed E-state index contributed by atoms with van der Waals surface area (Å²) >= 11 is 0. The summed E-state index contributed by atoms with van der Waals surface area (Å²) in [5, 5.41) is 9.87. The highest BCUT2D eigenvalue weighted by molar-refractivity contribution is 5.81. The maximum Gasteiger partial charge on any atom is 0.416 e. The van der Waals surface area contributed by atoms with E-state index in [0.717, 1.165) is 39.3 Å². The van der Waals surface area contributed by atoms with Gasteiger partial charge in [0.05, 0.1) is 5.56 Å². The number of rotatable bonds is 8. The monoisotopic (exact) mass is 497 g/mol. The summed E-state index contributed by atoms with van der Waals surface area (Å²) in [6.07, 6.45) is -4.91. The lowest BCUT2D eigenvalue weighted by Crippen LogP contribution is -2.47. The largest absolute Gasteiger partial charge is 0.480 e. The van der Waals surface area contributed by atoms with Crippen LogP contribution in [0.1, 0.15) is 41.5 Å². The number of hydrogen-bond acceptors (Lipinski definition) is 3. The third kappa shape index (κ3) is 5.22. The van der Waals surface area contributed by atoms with Gasteiger partial charge in [0.1, 0.15) is 12.6 Å². The number of amides is 1. The van der Waals surface area contributed by atoms with Crippen LogP contribution in [0.4, 0.5) is 18.0 Å². The van der Waals surface area contributed by atoms with E-state index in [1.54, 1.807) is 6.92 Å². The van der Waals surface area contributed by atoms with E-state index >= 15 is 0 Å². The molecule has 0 radical (unpaired) electrons. The van der Waals surface area contributed by atoms with Gasteiger partial charge in [-0.15, -0.1) is 0 Å². The fourth-order valence-corrected chi connectivity index (χ4v) is 4.68. The van der Waals surface area contributed by atoms with Crippen molar-refractivity contribution in [1.29, 1.82) is 0 Å². The highest BCUT2D eigenvalue weighted by Crippen LogP contribution is 2.44. The minimum atomic E-state index is -4.49. The highest BCUT2D eigenvalue weighted by Gasteiger charge is 2.34. The molecule has 4 rings (SSSR count). The number of fused-ring (bicyclic) bond motifs is 3. The number of hydrogen-bond donors (Lipinski definition) is 1. The zero-order chi connectivity index (χ0) is 25.9. The van der Waals surface area contributed by atoms with Gasteiger partial charge in [-0.1, -0.05) is 67.6 Å². The molecule has 0 saturated heterocycles. The van der Waals surface area contributed by atoms with Gasteiger partial charge in [-0.25, -0.2) is 9.59 Å². The Kier molecular flexibility index (Phi) is 7.33. The van der Waals surface area contributed by atoms with E-state index in [1.165, 1.54) is 12.1 Å². The van der Waals surface area contributed by atoms with E-state index in [-0.39, 0.29) is 25.5 Å². The summed E-state index contributed by atoms with van der Waals surface area (Å²) < 4.78 is 44.3. The van der Waals surface area contributed by atoms with E-state index in [1.807, 2.05) is 48.5 Å². The lowest BCUT2D eigenvalue weighted by atomic mass is 9.98. The molecule has 0 unspecified atom stereocenters. The predicted molar refractivity (Wildman–Crippen MR) is 129 cm³/mol. The second kappa shape index (κ2) is 10.4. The number of carboxylic acid groups (broad SMARTS) is 1. The van der Waals surface area contributed by atoms with Crippen molar-refractivity contribution in [3.8, 4) is 11.1 Å². The van der Waals surface area contributed by atoms with Crippen LogP contribution in [-0.4, -0.2) is 41.3 Å². The third-order valence-electron chi connectivity index (χ3n) is 6.41. The summed E-state index contributed by atoms with van der Waals surface area (Å²) in [7, 11) is 0. The minimum Gasteiger partial charge on any atom is -0.480 e. The van der Waals surface area contributed by atoms with Crippen LogP contribution >= 0.6 is 0 Å². The molecular weight excluding hydrogens is 471 g/mol. The Morgan fingerprint density at radius 1 is 0.944 bits per heavy atom. The second-order valence-electron chi connectivity index (χ2n) is 8.75. The van der Waals surface area contributed by atoms with E-state index < -0.39 is 29.8 Å². The van der Waals surface area contributed by atoms with Gasteiger partial charge in [0.15, 0.2) is 0 Å². The first-order valence-electron chi connectivity index (χ1n) is 11.7. The van der Waals surface area contributed by atoms with Crippen LogP contribution in [0.2, 0.25) is 0 Å². The van der Waals surface area contributed by atoms with Gasteiger partial charge in [-0.2, -0.15) is 13.2 Å². The Balaban J connectivity index is 1.51. The lowest BCUT2D eigenvalue weighted by Gasteiger charge is -2.29. The van der Waals surface area contributed by atoms with Crippen molar-refractivity contribution in [3.63, 3.8) is 0 Å². The molecule has 1 aliphatic carbocycles. The first-order chi connectivity index (χ1) is 17.2. The van der Waals surface area contributed by atoms with Crippen LogP contribution in [0.25, 0.3) is 11.1 Å². The maximum atomic E-state index is 13.1. The topological polar surface area (TPSA) is 66.8 Å². The summed E-state index contributed by atoms with van der Waals surface area (Å²) in [5.74, 6) is -1.43. The van der Waals surface area contributed by atoms with Crippen molar-refractivity contribution >= 4 is 12.1 Å². The summed E-state index contributed by atoms with van der Waals surface area (Å²) in [5.41, 5.74) is 3.78. The molecule has 1 atom stereocenters. The van der Waals surface area contributed by atoms with Crippen molar-refractivity contribution in [3.05, 3.63) is 95.1 Å². The van der Waals surface area contributed by atoms with Gasteiger partial charge in [-0.05, 0) is 46.4 Å². The van der Waals surface area contributed by atoms with Gasteiger partial charge < -0.3 is 9.84 Å². The summed E-state index contributed by atoms with van der Waals surface area (Å²) in [6, 6.07) is 18.8. The molecule has 0 spiro atoms. The van der Waals surface area contributed by atoms with Gasteiger partial charge in [0, 0.05) is 18.9 Å². The Morgan fingerprint density at radius 2 is 1.50 bits per heavy atom. The number of nitrogens with zero attached hydrogens (tertiary/aromatic N) is 1. The smallest absolute Gasteiger partial charge is 0.416 e. The zero-order valence-electron chi connectivity index (χ0n) is 19.7. The molecule has 0 saturated carbocycles. The van der Waals surface area contributed by atoms with Crippen LogP contribution in [0.5, 0.6) is 0 Å². The molecule has 0 aliphatic heterocycles. The van der Waals surface area contributed by atoms with Crippen LogP contribution in [0.15, 0.2) is 72.8 Å². The predicted octanol–water partition coefficient (Wildman–Crippen LogP) is 6.36. The van der Waals surface area contributed by atoms with E-state index in [2.05, 4.69) is 0 Å². The van der Waals surface area contributed by atoms with Gasteiger partial charge >= 0.3 is 18.2 Å². The van der Waals surface area contributed by atoms with Crippen LogP contribution < -0.4 is 0 Å². The molecule has 36 heavy (non-hydrogen) atoms. The number of ether oxygens (including phenoxy) is 1. The molecule has 5 nitrogen and oxygen atoms in total. The summed E-state index contributed by atoms with van der Waals surface area (Å²) in [6.45, 7) is 1.98. The molecule has 1 aliphatic rings. The van der Waals surface area contributed by atoms with Gasteiger partial charge in [0.25, 0.3) is 0 Å². The number of benzene rings is 3. The molecule has 0 fully saturated rings. The van der Waals surface area contributed by atoms with Crippen molar-refractivity contribution in [1.82, 2.24) is 4.90 Å². The molecular formula is C28H26F3NO4. The number of aliphatic carboxylic acids is 1. The number of alkyl halides is 3.